The van der Waals surface area contributed by atoms with E-state index in [0.29, 0.717) is 28.1 Å². The highest BCUT2D eigenvalue weighted by Gasteiger charge is 2.30. The number of amides is 2. The predicted octanol–water partition coefficient (Wildman–Crippen LogP) is 6.12. The molecule has 0 saturated heterocycles. The number of hydrogen-bond donors (Lipinski definition) is 3. The molecule has 5 rings (SSSR count). The van der Waals surface area contributed by atoms with Crippen molar-refractivity contribution < 1.29 is 32.6 Å². The molecule has 0 bridgehead atoms. The van der Waals surface area contributed by atoms with E-state index < -0.39 is 29.7 Å². The van der Waals surface area contributed by atoms with Crippen LogP contribution in [0.5, 0.6) is 5.75 Å². The largest absolute Gasteiger partial charge is 0.490 e. The third-order valence-electron chi connectivity index (χ3n) is 6.95. The van der Waals surface area contributed by atoms with Gasteiger partial charge >= 0.3 is 6.18 Å². The highest BCUT2D eigenvalue weighted by molar-refractivity contribution is 6.03. The van der Waals surface area contributed by atoms with E-state index >= 15 is 0 Å². The first-order valence-electron chi connectivity index (χ1n) is 12.9. The molecule has 2 amide bonds. The molecule has 3 aromatic rings. The lowest BCUT2D eigenvalue weighted by Crippen LogP contribution is -2.34. The Bertz CT molecular complexity index is 1460. The molecule has 1 aliphatic carbocycles. The summed E-state index contributed by atoms with van der Waals surface area (Å²) in [6, 6.07) is 17.2. The molecular weight excluding hydrogens is 521 g/mol. The minimum Gasteiger partial charge on any atom is -0.490 e. The Morgan fingerprint density at radius 2 is 1.68 bits per heavy atom. The van der Waals surface area contributed by atoms with Crippen molar-refractivity contribution in [3.05, 3.63) is 107 Å². The number of fused-ring (bicyclic) bond motifs is 1. The molecule has 0 aromatic heterocycles. The summed E-state index contributed by atoms with van der Waals surface area (Å²) in [6.07, 6.45) is 2.30. The quantitative estimate of drug-likeness (QED) is 0.245. The molecule has 1 aliphatic heterocycles. The topological polar surface area (TPSA) is 87.7 Å². The third kappa shape index (κ3) is 6.26. The SMILES string of the molecule is O=C(/C=C/C=C(\c1ccc(OC2CCC2)cc1)c1ccc(C(F)(F)F)cc1)Nc1cccc2c1CC(O)C(=O)N2. The molecule has 206 valence electrons. The molecule has 9 heteroatoms. The number of anilines is 2. The van der Waals surface area contributed by atoms with Crippen LogP contribution in [0.15, 0.2) is 85.0 Å². The van der Waals surface area contributed by atoms with Crippen LogP contribution in [0, 0.1) is 0 Å². The fraction of sp³-hybridized carbons (Fsp3) is 0.226. The molecule has 0 radical (unpaired) electrons. The van der Waals surface area contributed by atoms with Gasteiger partial charge in [0.2, 0.25) is 5.91 Å². The van der Waals surface area contributed by atoms with Gasteiger partial charge in [-0.15, -0.1) is 0 Å². The number of aliphatic hydroxyl groups is 1. The second-order valence-corrected chi connectivity index (χ2v) is 9.74. The van der Waals surface area contributed by atoms with Crippen LogP contribution in [0.1, 0.15) is 41.5 Å². The van der Waals surface area contributed by atoms with Gasteiger partial charge in [0.15, 0.2) is 0 Å². The molecule has 1 saturated carbocycles. The van der Waals surface area contributed by atoms with E-state index in [-0.39, 0.29) is 12.5 Å². The van der Waals surface area contributed by atoms with Crippen LogP contribution in [-0.4, -0.2) is 29.1 Å². The van der Waals surface area contributed by atoms with Crippen LogP contribution in [0.2, 0.25) is 0 Å². The maximum Gasteiger partial charge on any atom is 0.416 e. The normalized spacial score (nSPS) is 17.6. The Hall–Kier alpha value is -4.37. The van der Waals surface area contributed by atoms with Gasteiger partial charge in [0.25, 0.3) is 5.91 Å². The lowest BCUT2D eigenvalue weighted by molar-refractivity contribution is -0.137. The number of halogens is 3. The summed E-state index contributed by atoms with van der Waals surface area (Å²) < 4.78 is 45.3. The minimum absolute atomic E-state index is 0.0692. The summed E-state index contributed by atoms with van der Waals surface area (Å²) in [4.78, 5) is 24.5. The van der Waals surface area contributed by atoms with Gasteiger partial charge in [-0.3, -0.25) is 9.59 Å². The number of carbonyl (C=O) groups is 2. The van der Waals surface area contributed by atoms with Crippen molar-refractivity contribution in [2.45, 2.75) is 44.1 Å². The summed E-state index contributed by atoms with van der Waals surface area (Å²) in [5.41, 5.74) is 2.76. The maximum atomic E-state index is 13.1. The average molecular weight is 549 g/mol. The van der Waals surface area contributed by atoms with Crippen molar-refractivity contribution in [3.63, 3.8) is 0 Å². The zero-order valence-corrected chi connectivity index (χ0v) is 21.4. The number of benzene rings is 3. The second kappa shape index (κ2) is 11.4. The monoisotopic (exact) mass is 548 g/mol. The molecule has 1 unspecified atom stereocenters. The summed E-state index contributed by atoms with van der Waals surface area (Å²) in [5.74, 6) is -0.228. The number of aliphatic hydroxyl groups excluding tert-OH is 1. The Morgan fingerprint density at radius 3 is 2.30 bits per heavy atom. The zero-order valence-electron chi connectivity index (χ0n) is 21.4. The summed E-state index contributed by atoms with van der Waals surface area (Å²) in [7, 11) is 0. The number of nitrogens with one attached hydrogen (secondary N) is 2. The van der Waals surface area contributed by atoms with Gasteiger partial charge in [0.1, 0.15) is 11.9 Å². The van der Waals surface area contributed by atoms with Gasteiger partial charge in [-0.25, -0.2) is 0 Å². The van der Waals surface area contributed by atoms with Crippen molar-refractivity contribution in [3.8, 4) is 5.75 Å². The lowest BCUT2D eigenvalue weighted by atomic mass is 9.95. The van der Waals surface area contributed by atoms with E-state index in [0.717, 1.165) is 42.7 Å². The van der Waals surface area contributed by atoms with Gasteiger partial charge in [0, 0.05) is 29.4 Å². The summed E-state index contributed by atoms with van der Waals surface area (Å²) in [6.45, 7) is 0. The van der Waals surface area contributed by atoms with Crippen molar-refractivity contribution in [2.24, 2.45) is 0 Å². The van der Waals surface area contributed by atoms with Crippen molar-refractivity contribution in [1.29, 1.82) is 0 Å². The molecule has 1 heterocycles. The van der Waals surface area contributed by atoms with Crippen LogP contribution in [-0.2, 0) is 22.2 Å². The molecule has 3 N–H and O–H groups in total. The van der Waals surface area contributed by atoms with Gasteiger partial charge in [-0.05, 0) is 72.4 Å². The van der Waals surface area contributed by atoms with E-state index in [1.54, 1.807) is 24.3 Å². The zero-order chi connectivity index (χ0) is 28.3. The van der Waals surface area contributed by atoms with Crippen LogP contribution in [0.25, 0.3) is 5.57 Å². The highest BCUT2D eigenvalue weighted by atomic mass is 19.4. The van der Waals surface area contributed by atoms with Gasteiger partial charge in [-0.1, -0.05) is 42.5 Å². The molecular formula is C31H27F3N2O4. The number of allylic oxidation sites excluding steroid dienone is 2. The van der Waals surface area contributed by atoms with E-state index in [4.69, 9.17) is 4.74 Å². The van der Waals surface area contributed by atoms with Crippen LogP contribution >= 0.6 is 0 Å². The molecule has 1 fully saturated rings. The minimum atomic E-state index is -4.45. The van der Waals surface area contributed by atoms with Crippen LogP contribution in [0.4, 0.5) is 24.5 Å². The lowest BCUT2D eigenvalue weighted by Gasteiger charge is -2.26. The predicted molar refractivity (Wildman–Crippen MR) is 146 cm³/mol. The average Bonchev–Trinajstić information content (AvgIpc) is 2.90. The van der Waals surface area contributed by atoms with Crippen LogP contribution in [0.3, 0.4) is 0 Å². The first-order valence-corrected chi connectivity index (χ1v) is 12.9. The molecule has 0 spiro atoms. The molecule has 40 heavy (non-hydrogen) atoms. The van der Waals surface area contributed by atoms with E-state index in [1.807, 2.05) is 24.3 Å². The number of carbonyl (C=O) groups excluding carboxylic acids is 2. The number of ether oxygens (including phenoxy) is 1. The van der Waals surface area contributed by atoms with Crippen molar-refractivity contribution >= 4 is 28.8 Å². The Labute approximate surface area is 229 Å². The molecule has 6 nitrogen and oxygen atoms in total. The molecule has 1 atom stereocenters. The maximum absolute atomic E-state index is 13.1. The number of hydrogen-bond acceptors (Lipinski definition) is 4. The highest BCUT2D eigenvalue weighted by Crippen LogP contribution is 2.33. The van der Waals surface area contributed by atoms with Gasteiger partial charge in [-0.2, -0.15) is 13.2 Å². The van der Waals surface area contributed by atoms with Crippen molar-refractivity contribution in [1.82, 2.24) is 0 Å². The van der Waals surface area contributed by atoms with Crippen LogP contribution < -0.4 is 15.4 Å². The van der Waals surface area contributed by atoms with E-state index in [1.165, 1.54) is 24.3 Å². The Balaban J connectivity index is 1.37. The second-order valence-electron chi connectivity index (χ2n) is 9.74. The van der Waals surface area contributed by atoms with Gasteiger partial charge in [0.05, 0.1) is 11.7 Å². The Morgan fingerprint density at radius 1 is 1.00 bits per heavy atom. The van der Waals surface area contributed by atoms with Crippen molar-refractivity contribution in [2.75, 3.05) is 10.6 Å². The first kappa shape index (κ1) is 27.2. The Kier molecular flexibility index (Phi) is 7.75. The summed E-state index contributed by atoms with van der Waals surface area (Å²) in [5, 5.41) is 15.3. The fourth-order valence-corrected chi connectivity index (χ4v) is 4.54. The standard InChI is InChI=1S/C31H27F3N2O4/c32-31(33,34)21-14-10-19(11-15-21)24(20-12-16-23(17-13-20)40-22-4-1-5-22)6-2-9-29(38)35-26-7-3-8-27-25(26)18-28(37)30(39)36-27/h2-3,6-17,22,28,37H,1,4-5,18H2,(H,35,38)(H,36,39)/b9-2+,24-6-. The molecule has 3 aromatic carbocycles. The van der Waals surface area contributed by atoms with E-state index in [9.17, 15) is 27.9 Å². The smallest absolute Gasteiger partial charge is 0.416 e. The summed E-state index contributed by atoms with van der Waals surface area (Å²) >= 11 is 0. The fourth-order valence-electron chi connectivity index (χ4n) is 4.54. The molecule has 2 aliphatic rings. The number of alkyl halides is 3. The van der Waals surface area contributed by atoms with E-state index in [2.05, 4.69) is 10.6 Å². The van der Waals surface area contributed by atoms with Gasteiger partial charge < -0.3 is 20.5 Å². The number of rotatable bonds is 7. The third-order valence-corrected chi connectivity index (χ3v) is 6.95. The first-order chi connectivity index (χ1) is 19.2.